The van der Waals surface area contributed by atoms with Gasteiger partial charge in [-0.15, -0.1) is 0 Å². The summed E-state index contributed by atoms with van der Waals surface area (Å²) in [4.78, 5) is 12.2. The van der Waals surface area contributed by atoms with Gasteiger partial charge in [-0.05, 0) is 31.0 Å². The largest absolute Gasteiger partial charge is 0.394 e. The fourth-order valence-electron chi connectivity index (χ4n) is 1.93. The highest BCUT2D eigenvalue weighted by molar-refractivity contribution is 7.90. The molecule has 1 amide bonds. The smallest absolute Gasteiger partial charge is 0.251 e. The van der Waals surface area contributed by atoms with Crippen LogP contribution >= 0.6 is 11.6 Å². The van der Waals surface area contributed by atoms with Gasteiger partial charge in [0.2, 0.25) is 0 Å². The molecule has 0 aliphatic rings. The highest BCUT2D eigenvalue weighted by Crippen LogP contribution is 2.23. The van der Waals surface area contributed by atoms with E-state index >= 15 is 0 Å². The molecule has 0 fully saturated rings. The number of benzene rings is 1. The summed E-state index contributed by atoms with van der Waals surface area (Å²) < 4.78 is 23.3. The summed E-state index contributed by atoms with van der Waals surface area (Å²) in [6.07, 6.45) is 2.17. The van der Waals surface area contributed by atoms with Gasteiger partial charge in [0.15, 0.2) is 9.84 Å². The van der Waals surface area contributed by atoms with E-state index in [1.54, 1.807) is 0 Å². The number of carbonyl (C=O) groups excluding carboxylic acids is 1. The van der Waals surface area contributed by atoms with Gasteiger partial charge >= 0.3 is 0 Å². The van der Waals surface area contributed by atoms with Crippen LogP contribution in [0.2, 0.25) is 5.02 Å². The summed E-state index contributed by atoms with van der Waals surface area (Å²) in [7, 11) is -3.51. The van der Waals surface area contributed by atoms with Gasteiger partial charge in [-0.3, -0.25) is 4.79 Å². The van der Waals surface area contributed by atoms with Crippen LogP contribution < -0.4 is 5.32 Å². The second kappa shape index (κ2) is 6.77. The third kappa shape index (κ3) is 4.18. The molecule has 5 nitrogen and oxygen atoms in total. The average molecular weight is 334 g/mol. The fraction of sp³-hybridized carbons (Fsp3) is 0.500. The van der Waals surface area contributed by atoms with Crippen molar-refractivity contribution in [2.75, 3.05) is 12.9 Å². The first-order chi connectivity index (χ1) is 9.69. The van der Waals surface area contributed by atoms with Gasteiger partial charge in [-0.2, -0.15) is 0 Å². The summed E-state index contributed by atoms with van der Waals surface area (Å²) >= 11 is 5.85. The van der Waals surface area contributed by atoms with Crippen molar-refractivity contribution in [3.05, 3.63) is 28.8 Å². The van der Waals surface area contributed by atoms with Gasteiger partial charge in [0.05, 0.1) is 22.1 Å². The van der Waals surface area contributed by atoms with E-state index in [1.165, 1.54) is 18.2 Å². The maximum absolute atomic E-state index is 12.3. The summed E-state index contributed by atoms with van der Waals surface area (Å²) in [5.41, 5.74) is -0.512. The van der Waals surface area contributed by atoms with E-state index < -0.39 is 21.3 Å². The zero-order valence-corrected chi connectivity index (χ0v) is 13.9. The third-order valence-electron chi connectivity index (χ3n) is 3.63. The first-order valence-electron chi connectivity index (χ1n) is 6.62. The van der Waals surface area contributed by atoms with Gasteiger partial charge in [-0.25, -0.2) is 8.42 Å². The molecule has 1 rings (SSSR count). The van der Waals surface area contributed by atoms with Crippen molar-refractivity contribution < 1.29 is 18.3 Å². The van der Waals surface area contributed by atoms with Crippen molar-refractivity contribution in [2.24, 2.45) is 0 Å². The van der Waals surface area contributed by atoms with E-state index in [-0.39, 0.29) is 22.1 Å². The van der Waals surface area contributed by atoms with Gasteiger partial charge in [0, 0.05) is 11.8 Å². The zero-order chi connectivity index (χ0) is 16.3. The fourth-order valence-corrected chi connectivity index (χ4v) is 3.23. The Morgan fingerprint density at radius 2 is 1.90 bits per heavy atom. The van der Waals surface area contributed by atoms with Crippen LogP contribution in [-0.2, 0) is 9.84 Å². The number of aliphatic hydroxyl groups excluding tert-OH is 1. The Hall–Kier alpha value is -1.11. The van der Waals surface area contributed by atoms with Crippen LogP contribution in [0.4, 0.5) is 0 Å². The number of aliphatic hydroxyl groups is 1. The van der Waals surface area contributed by atoms with Crippen LogP contribution in [0.15, 0.2) is 23.1 Å². The van der Waals surface area contributed by atoms with Gasteiger partial charge in [-0.1, -0.05) is 25.4 Å². The lowest BCUT2D eigenvalue weighted by Crippen LogP contribution is -2.50. The topological polar surface area (TPSA) is 83.5 Å². The van der Waals surface area contributed by atoms with Crippen molar-refractivity contribution >= 4 is 27.3 Å². The maximum Gasteiger partial charge on any atom is 0.251 e. The first-order valence-corrected chi connectivity index (χ1v) is 8.89. The van der Waals surface area contributed by atoms with Crippen LogP contribution in [0.3, 0.4) is 0 Å². The zero-order valence-electron chi connectivity index (χ0n) is 12.3. The average Bonchev–Trinajstić information content (AvgIpc) is 2.44. The predicted molar refractivity (Wildman–Crippen MR) is 82.4 cm³/mol. The number of amides is 1. The Balaban J connectivity index is 3.15. The van der Waals surface area contributed by atoms with Crippen molar-refractivity contribution in [2.45, 2.75) is 37.1 Å². The van der Waals surface area contributed by atoms with Gasteiger partial charge in [0.1, 0.15) is 0 Å². The molecule has 0 radical (unpaired) electrons. The molecule has 0 saturated heterocycles. The predicted octanol–water partition coefficient (Wildman–Crippen LogP) is 2.02. The van der Waals surface area contributed by atoms with Crippen molar-refractivity contribution in [3.63, 3.8) is 0 Å². The first kappa shape index (κ1) is 17.9. The van der Waals surface area contributed by atoms with Crippen LogP contribution in [-0.4, -0.2) is 37.8 Å². The van der Waals surface area contributed by atoms with Gasteiger partial charge < -0.3 is 10.4 Å². The molecular weight excluding hydrogens is 314 g/mol. The van der Waals surface area contributed by atoms with E-state index in [4.69, 9.17) is 11.6 Å². The molecule has 0 heterocycles. The van der Waals surface area contributed by atoms with Crippen LogP contribution in [0.25, 0.3) is 0 Å². The molecule has 0 atom stereocenters. The summed E-state index contributed by atoms with van der Waals surface area (Å²) in [6.45, 7) is 3.55. The minimum atomic E-state index is -3.51. The summed E-state index contributed by atoms with van der Waals surface area (Å²) in [5, 5.41) is 12.3. The lowest BCUT2D eigenvalue weighted by atomic mass is 9.93. The molecule has 118 valence electrons. The van der Waals surface area contributed by atoms with Crippen molar-refractivity contribution in [1.29, 1.82) is 0 Å². The second-order valence-corrected chi connectivity index (χ2v) is 7.41. The minimum Gasteiger partial charge on any atom is -0.394 e. The Bertz CT molecular complexity index is 616. The molecule has 1 aromatic rings. The minimum absolute atomic E-state index is 0.0773. The monoisotopic (exact) mass is 333 g/mol. The number of sulfone groups is 1. The van der Waals surface area contributed by atoms with Gasteiger partial charge in [0.25, 0.3) is 5.91 Å². The molecule has 0 aliphatic heterocycles. The summed E-state index contributed by atoms with van der Waals surface area (Å²) in [5.74, 6) is -0.436. The molecule has 0 unspecified atom stereocenters. The standard InChI is InChI=1S/C14H20ClNO4S/c1-4-14(5-2,9-17)16-13(18)10-6-7-11(15)12(8-10)21(3,19)20/h6-8,17H,4-5,9H2,1-3H3,(H,16,18). The molecule has 7 heteroatoms. The van der Waals surface area contributed by atoms with Crippen LogP contribution in [0.5, 0.6) is 0 Å². The number of halogens is 1. The normalized spacial score (nSPS) is 12.2. The maximum atomic E-state index is 12.3. The van der Waals surface area contributed by atoms with E-state index in [0.717, 1.165) is 6.26 Å². The van der Waals surface area contributed by atoms with E-state index in [9.17, 15) is 18.3 Å². The van der Waals surface area contributed by atoms with E-state index in [2.05, 4.69) is 5.32 Å². The molecule has 0 aliphatic carbocycles. The number of hydrogen-bond acceptors (Lipinski definition) is 4. The van der Waals surface area contributed by atoms with E-state index in [1.807, 2.05) is 13.8 Å². The quantitative estimate of drug-likeness (QED) is 0.834. The lowest BCUT2D eigenvalue weighted by molar-refractivity contribution is 0.0817. The summed E-state index contributed by atoms with van der Waals surface area (Å²) in [6, 6.07) is 4.09. The molecule has 0 aromatic heterocycles. The molecular formula is C14H20ClNO4S. The Morgan fingerprint density at radius 3 is 2.33 bits per heavy atom. The molecule has 1 aromatic carbocycles. The molecule has 2 N–H and O–H groups in total. The number of carbonyl (C=O) groups is 1. The SMILES string of the molecule is CCC(CC)(CO)NC(=O)c1ccc(Cl)c(S(C)(=O)=O)c1. The van der Waals surface area contributed by atoms with Crippen molar-refractivity contribution in [3.8, 4) is 0 Å². The molecule has 0 bridgehead atoms. The number of nitrogens with one attached hydrogen (secondary N) is 1. The lowest BCUT2D eigenvalue weighted by Gasteiger charge is -2.30. The molecule has 21 heavy (non-hydrogen) atoms. The second-order valence-electron chi connectivity index (χ2n) is 5.02. The Labute approximate surface area is 130 Å². The van der Waals surface area contributed by atoms with E-state index in [0.29, 0.717) is 12.8 Å². The Morgan fingerprint density at radius 1 is 1.33 bits per heavy atom. The van der Waals surface area contributed by atoms with Crippen LogP contribution in [0.1, 0.15) is 37.0 Å². The number of hydrogen-bond donors (Lipinski definition) is 2. The van der Waals surface area contributed by atoms with Crippen LogP contribution in [0, 0.1) is 0 Å². The highest BCUT2D eigenvalue weighted by Gasteiger charge is 2.28. The van der Waals surface area contributed by atoms with Crippen molar-refractivity contribution in [1.82, 2.24) is 5.32 Å². The Kier molecular flexibility index (Phi) is 5.78. The molecule has 0 spiro atoms. The third-order valence-corrected chi connectivity index (χ3v) is 5.21. The highest BCUT2D eigenvalue weighted by atomic mass is 35.5. The molecule has 0 saturated carbocycles. The number of rotatable bonds is 6.